The molecule has 0 spiro atoms. The van der Waals surface area contributed by atoms with Gasteiger partial charge in [0.25, 0.3) is 15.9 Å². The number of carbonyl (C=O) groups excluding carboxylic acids is 1. The van der Waals surface area contributed by atoms with Crippen molar-refractivity contribution in [1.29, 1.82) is 0 Å². The molecule has 1 unspecified atom stereocenters. The molecule has 0 aliphatic carbocycles. The van der Waals surface area contributed by atoms with E-state index in [0.29, 0.717) is 15.6 Å². The van der Waals surface area contributed by atoms with Gasteiger partial charge in [-0.05, 0) is 35.3 Å². The summed E-state index contributed by atoms with van der Waals surface area (Å²) < 4.78 is 33.2. The molecule has 0 saturated heterocycles. The average Bonchev–Trinajstić information content (AvgIpc) is 3.30. The molecule has 0 aliphatic heterocycles. The summed E-state index contributed by atoms with van der Waals surface area (Å²) in [5, 5.41) is 12.0. The summed E-state index contributed by atoms with van der Waals surface area (Å²) in [5.41, 5.74) is 0.291. The number of aromatic nitrogens is 2. The van der Waals surface area contributed by atoms with Crippen LogP contribution in [0.15, 0.2) is 66.0 Å². The summed E-state index contributed by atoms with van der Waals surface area (Å²) in [4.78, 5) is 28.9. The normalized spacial score (nSPS) is 12.3. The first-order valence-electron chi connectivity index (χ1n) is 9.94. The molecular weight excluding hydrogens is 535 g/mol. The van der Waals surface area contributed by atoms with E-state index in [9.17, 15) is 23.1 Å². The van der Waals surface area contributed by atoms with Gasteiger partial charge in [0.15, 0.2) is 5.03 Å². The molecule has 0 aliphatic rings. The van der Waals surface area contributed by atoms with Gasteiger partial charge in [0.2, 0.25) is 0 Å². The molecule has 180 valence electrons. The Bertz CT molecular complexity index is 1530. The van der Waals surface area contributed by atoms with Gasteiger partial charge in [-0.3, -0.25) is 9.52 Å². The van der Waals surface area contributed by atoms with E-state index in [2.05, 4.69) is 19.4 Å². The maximum absolute atomic E-state index is 13.2. The van der Waals surface area contributed by atoms with E-state index in [0.717, 1.165) is 11.5 Å². The fourth-order valence-corrected chi connectivity index (χ4v) is 5.52. The number of anilines is 1. The number of aliphatic carboxylic acids is 1. The molecular formula is C22H16Cl2N4O5S2. The average molecular weight is 551 g/mol. The van der Waals surface area contributed by atoms with Gasteiger partial charge in [-0.25, -0.2) is 9.78 Å². The summed E-state index contributed by atoms with van der Waals surface area (Å²) >= 11 is 13.3. The Kier molecular flexibility index (Phi) is 7.22. The maximum atomic E-state index is 13.2. The van der Waals surface area contributed by atoms with Gasteiger partial charge in [0.05, 0.1) is 37.6 Å². The molecule has 0 bridgehead atoms. The summed E-state index contributed by atoms with van der Waals surface area (Å²) in [6, 6.07) is 11.4. The van der Waals surface area contributed by atoms with E-state index < -0.39 is 27.9 Å². The van der Waals surface area contributed by atoms with Crippen molar-refractivity contribution in [2.45, 2.75) is 17.5 Å². The molecule has 0 saturated carbocycles. The Labute approximate surface area is 213 Å². The third-order valence-corrected chi connectivity index (χ3v) is 7.75. The first-order chi connectivity index (χ1) is 16.7. The predicted octanol–water partition coefficient (Wildman–Crippen LogP) is 4.22. The number of nitrogens with zero attached hydrogens (tertiary/aromatic N) is 2. The lowest BCUT2D eigenvalue weighted by Crippen LogP contribution is -2.42. The van der Waals surface area contributed by atoms with E-state index >= 15 is 0 Å². The highest BCUT2D eigenvalue weighted by molar-refractivity contribution is 7.92. The number of rotatable bonds is 8. The minimum atomic E-state index is -4.28. The Hall–Kier alpha value is -3.25. The Balaban J connectivity index is 1.67. The molecule has 2 aromatic heterocycles. The number of hydrogen-bond acceptors (Lipinski definition) is 7. The number of carboxylic acid groups (broad SMARTS) is 1. The zero-order chi connectivity index (χ0) is 25.2. The van der Waals surface area contributed by atoms with Gasteiger partial charge in [0, 0.05) is 12.6 Å². The molecule has 2 heterocycles. The summed E-state index contributed by atoms with van der Waals surface area (Å²) in [6.07, 6.45) is 2.73. The van der Waals surface area contributed by atoms with Crippen LogP contribution in [0.2, 0.25) is 10.0 Å². The quantitative estimate of drug-likeness (QED) is 0.298. The van der Waals surface area contributed by atoms with Crippen LogP contribution < -0.4 is 10.0 Å². The molecule has 2 aromatic carbocycles. The number of amides is 1. The number of nitrogens with one attached hydrogen (secondary N) is 2. The molecule has 9 nitrogen and oxygen atoms in total. The molecule has 4 rings (SSSR count). The SMILES string of the molecule is O=C(NC(Cc1ccccc1)C(=O)O)c1cc(Cl)c(Cl)cc1NS(=O)(=O)c1nccc2sncc12. The van der Waals surface area contributed by atoms with Gasteiger partial charge in [-0.15, -0.1) is 0 Å². The number of pyridine rings is 1. The zero-order valence-corrected chi connectivity index (χ0v) is 20.7. The van der Waals surface area contributed by atoms with Gasteiger partial charge in [0.1, 0.15) is 6.04 Å². The highest BCUT2D eigenvalue weighted by atomic mass is 35.5. The molecule has 0 radical (unpaired) electrons. The number of carbonyl (C=O) groups is 2. The van der Waals surface area contributed by atoms with E-state index in [1.165, 1.54) is 24.5 Å². The second-order valence-electron chi connectivity index (χ2n) is 7.33. The second kappa shape index (κ2) is 10.2. The fraction of sp³-hybridized carbons (Fsp3) is 0.0909. The van der Waals surface area contributed by atoms with Crippen LogP contribution >= 0.6 is 34.7 Å². The first kappa shape index (κ1) is 24.9. The van der Waals surface area contributed by atoms with Crippen molar-refractivity contribution in [3.8, 4) is 0 Å². The van der Waals surface area contributed by atoms with Crippen LogP contribution in [-0.4, -0.2) is 40.8 Å². The van der Waals surface area contributed by atoms with E-state index in [4.69, 9.17) is 23.2 Å². The van der Waals surface area contributed by atoms with Crippen molar-refractivity contribution >= 4 is 72.4 Å². The van der Waals surface area contributed by atoms with Crippen LogP contribution in [0, 0.1) is 0 Å². The number of halogens is 2. The van der Waals surface area contributed by atoms with Crippen molar-refractivity contribution in [1.82, 2.24) is 14.7 Å². The largest absolute Gasteiger partial charge is 0.480 e. The van der Waals surface area contributed by atoms with E-state index in [1.54, 1.807) is 36.4 Å². The Morgan fingerprint density at radius 1 is 1.09 bits per heavy atom. The fourth-order valence-electron chi connectivity index (χ4n) is 3.28. The number of carboxylic acids is 1. The summed E-state index contributed by atoms with van der Waals surface area (Å²) in [6.45, 7) is 0. The molecule has 1 atom stereocenters. The molecule has 4 aromatic rings. The number of hydrogen-bond donors (Lipinski definition) is 3. The van der Waals surface area contributed by atoms with Crippen molar-refractivity contribution < 1.29 is 23.1 Å². The van der Waals surface area contributed by atoms with Crippen LogP contribution in [0.5, 0.6) is 0 Å². The van der Waals surface area contributed by atoms with Crippen LogP contribution in [0.25, 0.3) is 10.1 Å². The maximum Gasteiger partial charge on any atom is 0.326 e. The monoisotopic (exact) mass is 550 g/mol. The number of fused-ring (bicyclic) bond motifs is 1. The predicted molar refractivity (Wildman–Crippen MR) is 134 cm³/mol. The van der Waals surface area contributed by atoms with Crippen LogP contribution in [0.4, 0.5) is 5.69 Å². The lowest BCUT2D eigenvalue weighted by Gasteiger charge is -2.18. The Morgan fingerprint density at radius 2 is 1.80 bits per heavy atom. The molecule has 0 fully saturated rings. The van der Waals surface area contributed by atoms with E-state index in [-0.39, 0.29) is 32.7 Å². The van der Waals surface area contributed by atoms with Crippen LogP contribution in [0.3, 0.4) is 0 Å². The number of benzene rings is 2. The van der Waals surface area contributed by atoms with E-state index in [1.807, 2.05) is 0 Å². The Morgan fingerprint density at radius 3 is 2.51 bits per heavy atom. The lowest BCUT2D eigenvalue weighted by atomic mass is 10.1. The second-order valence-corrected chi connectivity index (χ2v) is 10.6. The number of sulfonamides is 1. The van der Waals surface area contributed by atoms with Crippen LogP contribution in [-0.2, 0) is 21.2 Å². The molecule has 3 N–H and O–H groups in total. The van der Waals surface area contributed by atoms with Gasteiger partial charge in [-0.2, -0.15) is 12.8 Å². The minimum Gasteiger partial charge on any atom is -0.480 e. The lowest BCUT2D eigenvalue weighted by molar-refractivity contribution is -0.139. The standard InChI is InChI=1S/C22H16Cl2N4O5S2/c23-15-9-13(20(29)27-18(22(30)31)8-12-4-2-1-3-5-12)17(10-16(15)24)28-35(32,33)21-14-11-26-34-19(14)6-7-25-21/h1-7,9-11,18,28H,8H2,(H,27,29)(H,30,31). The third kappa shape index (κ3) is 5.54. The minimum absolute atomic E-state index is 0.0108. The smallest absolute Gasteiger partial charge is 0.326 e. The van der Waals surface area contributed by atoms with Crippen LogP contribution in [0.1, 0.15) is 15.9 Å². The van der Waals surface area contributed by atoms with Crippen molar-refractivity contribution in [3.05, 3.63) is 82.1 Å². The summed E-state index contributed by atoms with van der Waals surface area (Å²) in [7, 11) is -4.28. The molecule has 1 amide bonds. The topological polar surface area (TPSA) is 138 Å². The van der Waals surface area contributed by atoms with Crippen molar-refractivity contribution in [2.24, 2.45) is 0 Å². The summed E-state index contributed by atoms with van der Waals surface area (Å²) in [5.74, 6) is -2.11. The van der Waals surface area contributed by atoms with Crippen molar-refractivity contribution in [3.63, 3.8) is 0 Å². The first-order valence-corrected chi connectivity index (χ1v) is 13.0. The third-order valence-electron chi connectivity index (χ3n) is 4.94. The molecule has 35 heavy (non-hydrogen) atoms. The highest BCUT2D eigenvalue weighted by Gasteiger charge is 2.27. The highest BCUT2D eigenvalue weighted by Crippen LogP contribution is 2.32. The van der Waals surface area contributed by atoms with Gasteiger partial charge >= 0.3 is 5.97 Å². The van der Waals surface area contributed by atoms with Gasteiger partial charge in [-0.1, -0.05) is 53.5 Å². The van der Waals surface area contributed by atoms with Gasteiger partial charge < -0.3 is 10.4 Å². The van der Waals surface area contributed by atoms with Crippen molar-refractivity contribution in [2.75, 3.05) is 4.72 Å². The molecule has 13 heteroatoms. The zero-order valence-electron chi connectivity index (χ0n) is 17.6.